The van der Waals surface area contributed by atoms with Crippen LogP contribution >= 0.6 is 0 Å². The number of carbonyl (C=O) groups is 1. The zero-order valence-corrected chi connectivity index (χ0v) is 20.0. The first-order chi connectivity index (χ1) is 16.7. The van der Waals surface area contributed by atoms with Crippen LogP contribution in [-0.4, -0.2) is 45.9 Å². The molecule has 2 heterocycles. The molecule has 1 amide bonds. The smallest absolute Gasteiger partial charge is 0.416 e. The molecular weight excluding hydrogens is 503 g/mol. The quantitative estimate of drug-likeness (QED) is 0.497. The fourth-order valence-corrected chi connectivity index (χ4v) is 4.03. The van der Waals surface area contributed by atoms with E-state index in [1.54, 1.807) is 0 Å². The number of halogens is 3. The second-order valence-corrected chi connectivity index (χ2v) is 10.4. The van der Waals surface area contributed by atoms with Crippen molar-refractivity contribution in [3.63, 3.8) is 0 Å². The first-order valence-corrected chi connectivity index (χ1v) is 12.4. The van der Waals surface area contributed by atoms with Crippen molar-refractivity contribution in [1.29, 1.82) is 0 Å². The largest absolute Gasteiger partial charge is 0.435 e. The van der Waals surface area contributed by atoms with Crippen molar-refractivity contribution in [3.8, 4) is 11.8 Å². The number of rotatable bonds is 6. The fraction of sp³-hybridized carbons (Fsp3) is 0.318. The number of nitrogens with zero attached hydrogens (tertiary/aromatic N) is 4. The van der Waals surface area contributed by atoms with Gasteiger partial charge in [0.15, 0.2) is 15.5 Å². The van der Waals surface area contributed by atoms with Crippen LogP contribution in [0.3, 0.4) is 0 Å². The molecule has 190 valence electrons. The lowest BCUT2D eigenvalue weighted by molar-refractivity contribution is -0.142. The van der Waals surface area contributed by atoms with Crippen molar-refractivity contribution in [2.24, 2.45) is 0 Å². The average molecular weight is 523 g/mol. The maximum Gasteiger partial charge on any atom is 0.435 e. The van der Waals surface area contributed by atoms with Crippen molar-refractivity contribution in [2.45, 2.75) is 43.4 Å². The summed E-state index contributed by atoms with van der Waals surface area (Å²) < 4.78 is 69.7. The lowest BCUT2D eigenvalue weighted by Gasteiger charge is -2.16. The first kappa shape index (κ1) is 25.4. The van der Waals surface area contributed by atoms with Gasteiger partial charge in [0.1, 0.15) is 16.9 Å². The number of amides is 1. The maximum atomic E-state index is 13.5. The van der Waals surface area contributed by atoms with E-state index in [0.29, 0.717) is 18.5 Å². The second kappa shape index (κ2) is 8.78. The van der Waals surface area contributed by atoms with Crippen LogP contribution in [0.15, 0.2) is 35.4 Å². The van der Waals surface area contributed by atoms with Crippen LogP contribution in [0.25, 0.3) is 0 Å². The number of alkyl halides is 3. The summed E-state index contributed by atoms with van der Waals surface area (Å²) in [4.78, 5) is 21.3. The topological polar surface area (TPSA) is 144 Å². The highest BCUT2D eigenvalue weighted by atomic mass is 32.2. The van der Waals surface area contributed by atoms with E-state index >= 15 is 0 Å². The molecule has 14 heteroatoms. The van der Waals surface area contributed by atoms with Crippen LogP contribution in [0.2, 0.25) is 0 Å². The van der Waals surface area contributed by atoms with Crippen LogP contribution in [0, 0.1) is 13.8 Å². The van der Waals surface area contributed by atoms with E-state index in [1.165, 1.54) is 37.4 Å². The lowest BCUT2D eigenvalue weighted by atomic mass is 10.1. The molecule has 0 radical (unpaired) electrons. The zero-order chi connectivity index (χ0) is 26.5. The number of nitrogens with one attached hydrogen (secondary N) is 1. The third-order valence-electron chi connectivity index (χ3n) is 5.50. The highest BCUT2D eigenvalue weighted by molar-refractivity contribution is 7.90. The minimum Gasteiger partial charge on any atom is -0.416 e. The van der Waals surface area contributed by atoms with Crippen molar-refractivity contribution in [2.75, 3.05) is 11.6 Å². The molecule has 1 saturated carbocycles. The first-order valence-electron chi connectivity index (χ1n) is 10.5. The summed E-state index contributed by atoms with van der Waals surface area (Å²) in [5.74, 6) is -1.75. The molecule has 0 spiro atoms. The van der Waals surface area contributed by atoms with E-state index in [9.17, 15) is 31.5 Å². The fourth-order valence-electron chi connectivity index (χ4n) is 3.37. The molecule has 10 nitrogen and oxygen atoms in total. The SMILES string of the molecule is Cc1nc(C2(O)CC2)cnc1Oc1nnc(C(F)(F)F)c(C)c1C(=O)Nc1cccc(S(C)(=O)=O)c1. The Balaban J connectivity index is 1.73. The molecule has 1 aliphatic rings. The highest BCUT2D eigenvalue weighted by Gasteiger charge is 2.44. The van der Waals surface area contributed by atoms with Gasteiger partial charge in [-0.25, -0.2) is 18.4 Å². The van der Waals surface area contributed by atoms with Crippen LogP contribution in [-0.2, 0) is 21.6 Å². The molecule has 2 aromatic heterocycles. The van der Waals surface area contributed by atoms with Crippen LogP contribution in [0.5, 0.6) is 11.8 Å². The predicted molar refractivity (Wildman–Crippen MR) is 119 cm³/mol. The Morgan fingerprint density at radius 3 is 2.44 bits per heavy atom. The van der Waals surface area contributed by atoms with Gasteiger partial charge in [-0.2, -0.15) is 13.2 Å². The lowest BCUT2D eigenvalue weighted by Crippen LogP contribution is -2.21. The minimum atomic E-state index is -4.90. The number of anilines is 1. The molecule has 0 saturated heterocycles. The monoisotopic (exact) mass is 523 g/mol. The van der Waals surface area contributed by atoms with Gasteiger partial charge in [0.05, 0.1) is 16.8 Å². The third-order valence-corrected chi connectivity index (χ3v) is 6.61. The molecule has 0 bridgehead atoms. The van der Waals surface area contributed by atoms with Gasteiger partial charge in [-0.05, 0) is 50.5 Å². The normalized spacial score (nSPS) is 14.9. The van der Waals surface area contributed by atoms with Crippen molar-refractivity contribution >= 4 is 21.4 Å². The van der Waals surface area contributed by atoms with Gasteiger partial charge in [0.25, 0.3) is 11.8 Å². The number of aromatic nitrogens is 4. The van der Waals surface area contributed by atoms with Gasteiger partial charge in [0, 0.05) is 11.9 Å². The summed E-state index contributed by atoms with van der Waals surface area (Å²) >= 11 is 0. The molecule has 4 rings (SSSR count). The number of ether oxygens (including phenoxy) is 1. The summed E-state index contributed by atoms with van der Waals surface area (Å²) in [5.41, 5.74) is -3.03. The van der Waals surface area contributed by atoms with E-state index in [1.807, 2.05) is 0 Å². The summed E-state index contributed by atoms with van der Waals surface area (Å²) in [5, 5.41) is 19.3. The van der Waals surface area contributed by atoms with E-state index in [2.05, 4.69) is 25.5 Å². The van der Waals surface area contributed by atoms with Gasteiger partial charge in [0.2, 0.25) is 5.88 Å². The van der Waals surface area contributed by atoms with E-state index in [-0.39, 0.29) is 22.2 Å². The average Bonchev–Trinajstić information content (AvgIpc) is 3.52. The van der Waals surface area contributed by atoms with Gasteiger partial charge in [-0.1, -0.05) is 6.07 Å². The Labute approximate surface area is 203 Å². The van der Waals surface area contributed by atoms with Gasteiger partial charge in [-0.3, -0.25) is 4.79 Å². The number of sulfone groups is 1. The van der Waals surface area contributed by atoms with E-state index < -0.39 is 50.2 Å². The number of benzene rings is 1. The third kappa shape index (κ3) is 5.14. The van der Waals surface area contributed by atoms with E-state index in [4.69, 9.17) is 4.74 Å². The Hall–Kier alpha value is -3.65. The maximum absolute atomic E-state index is 13.5. The van der Waals surface area contributed by atoms with Crippen LogP contribution < -0.4 is 10.1 Å². The molecule has 1 aliphatic carbocycles. The Kier molecular flexibility index (Phi) is 6.21. The van der Waals surface area contributed by atoms with Crippen molar-refractivity contribution in [3.05, 3.63) is 58.7 Å². The molecule has 2 N–H and O–H groups in total. The summed E-state index contributed by atoms with van der Waals surface area (Å²) in [6, 6.07) is 5.22. The standard InChI is InChI=1S/C22H20F3N5O5S/c1-11-16(18(31)28-13-5-4-6-14(9-13)36(3,33)34)20(30-29-17(11)22(23,24)25)35-19-12(2)27-15(10-26-19)21(32)7-8-21/h4-6,9-10,32H,7-8H2,1-3H3,(H,28,31). The summed E-state index contributed by atoms with van der Waals surface area (Å²) in [6.45, 7) is 2.55. The summed E-state index contributed by atoms with van der Waals surface area (Å²) in [6.07, 6.45) is -1.61. The number of hydrogen-bond donors (Lipinski definition) is 2. The molecule has 0 aliphatic heterocycles. The Bertz CT molecular complexity index is 1470. The van der Waals surface area contributed by atoms with Gasteiger partial charge < -0.3 is 15.2 Å². The molecule has 0 atom stereocenters. The Morgan fingerprint density at radius 2 is 1.86 bits per heavy atom. The molecule has 3 aromatic rings. The number of carbonyl (C=O) groups excluding carboxylic acids is 1. The Morgan fingerprint density at radius 1 is 1.17 bits per heavy atom. The predicted octanol–water partition coefficient (Wildman–Crippen LogP) is 3.33. The molecule has 1 aromatic carbocycles. The highest BCUT2D eigenvalue weighted by Crippen LogP contribution is 2.44. The number of hydrogen-bond acceptors (Lipinski definition) is 9. The van der Waals surface area contributed by atoms with Gasteiger partial charge >= 0.3 is 6.18 Å². The molecule has 36 heavy (non-hydrogen) atoms. The van der Waals surface area contributed by atoms with Crippen molar-refractivity contribution < 1.29 is 36.2 Å². The molecular formula is C22H20F3N5O5S. The van der Waals surface area contributed by atoms with Crippen LogP contribution in [0.4, 0.5) is 18.9 Å². The summed E-state index contributed by atoms with van der Waals surface area (Å²) in [7, 11) is -3.60. The second-order valence-electron chi connectivity index (χ2n) is 8.39. The number of aryl methyl sites for hydroxylation is 1. The minimum absolute atomic E-state index is 0.0247. The van der Waals surface area contributed by atoms with Crippen LogP contribution in [0.1, 0.15) is 45.8 Å². The molecule has 1 fully saturated rings. The van der Waals surface area contributed by atoms with E-state index in [0.717, 1.165) is 13.2 Å². The zero-order valence-electron chi connectivity index (χ0n) is 19.2. The van der Waals surface area contributed by atoms with Crippen molar-refractivity contribution in [1.82, 2.24) is 20.2 Å². The number of aliphatic hydroxyl groups is 1. The van der Waals surface area contributed by atoms with Gasteiger partial charge in [-0.15, -0.1) is 10.2 Å². The molecule has 0 unspecified atom stereocenters.